The van der Waals surface area contributed by atoms with Crippen molar-refractivity contribution in [2.24, 2.45) is 0 Å². The van der Waals surface area contributed by atoms with Crippen molar-refractivity contribution in [3.8, 4) is 11.5 Å². The van der Waals surface area contributed by atoms with Gasteiger partial charge in [0.2, 0.25) is 0 Å². The van der Waals surface area contributed by atoms with E-state index in [4.69, 9.17) is 4.42 Å². The summed E-state index contributed by atoms with van der Waals surface area (Å²) in [6.45, 7) is 5.99. The Morgan fingerprint density at radius 1 is 1.40 bits per heavy atom. The predicted molar refractivity (Wildman–Crippen MR) is 77.5 cm³/mol. The number of aryl methyl sites for hydroxylation is 2. The van der Waals surface area contributed by atoms with Gasteiger partial charge in [-0.3, -0.25) is 4.68 Å². The lowest BCUT2D eigenvalue weighted by Crippen LogP contribution is -2.19. The van der Waals surface area contributed by atoms with Crippen molar-refractivity contribution in [1.29, 1.82) is 0 Å². The normalized spacial score (nSPS) is 14.9. The number of nitrogens with zero attached hydrogens (tertiary/aromatic N) is 3. The standard InChI is InChI=1S/C15H22N4O/c1-3-11-9-13(19(4-2)18-11)14-10-17-15(20-14)7-8-16-12-5-6-12/h9-10,12,16H,3-8H2,1-2H3. The van der Waals surface area contributed by atoms with Crippen molar-refractivity contribution in [1.82, 2.24) is 20.1 Å². The first-order valence-electron chi connectivity index (χ1n) is 7.55. The van der Waals surface area contributed by atoms with Crippen molar-refractivity contribution < 1.29 is 4.42 Å². The smallest absolute Gasteiger partial charge is 0.196 e. The second kappa shape index (κ2) is 5.79. The van der Waals surface area contributed by atoms with E-state index in [-0.39, 0.29) is 0 Å². The summed E-state index contributed by atoms with van der Waals surface area (Å²) in [5.74, 6) is 1.62. The molecule has 0 aromatic carbocycles. The van der Waals surface area contributed by atoms with Gasteiger partial charge in [-0.15, -0.1) is 0 Å². The first-order chi connectivity index (χ1) is 9.80. The Morgan fingerprint density at radius 3 is 2.95 bits per heavy atom. The lowest BCUT2D eigenvalue weighted by atomic mass is 10.3. The van der Waals surface area contributed by atoms with Gasteiger partial charge in [-0.05, 0) is 32.3 Å². The van der Waals surface area contributed by atoms with Crippen LogP contribution in [-0.2, 0) is 19.4 Å². The molecule has 1 aliphatic carbocycles. The Balaban J connectivity index is 1.69. The fourth-order valence-corrected chi connectivity index (χ4v) is 2.30. The van der Waals surface area contributed by atoms with Gasteiger partial charge in [0.25, 0.3) is 0 Å². The van der Waals surface area contributed by atoms with Gasteiger partial charge in [-0.25, -0.2) is 4.98 Å². The zero-order valence-corrected chi connectivity index (χ0v) is 12.2. The molecule has 2 aromatic rings. The minimum absolute atomic E-state index is 0.734. The molecule has 2 heterocycles. The molecule has 0 amide bonds. The van der Waals surface area contributed by atoms with Gasteiger partial charge in [0.05, 0.1) is 11.9 Å². The maximum absolute atomic E-state index is 5.86. The number of rotatable bonds is 7. The van der Waals surface area contributed by atoms with E-state index in [9.17, 15) is 0 Å². The minimum atomic E-state index is 0.734. The van der Waals surface area contributed by atoms with Crippen LogP contribution in [0.25, 0.3) is 11.5 Å². The van der Waals surface area contributed by atoms with Gasteiger partial charge in [0, 0.05) is 25.6 Å². The van der Waals surface area contributed by atoms with Crippen molar-refractivity contribution >= 4 is 0 Å². The van der Waals surface area contributed by atoms with Crippen LogP contribution in [0.3, 0.4) is 0 Å². The van der Waals surface area contributed by atoms with Crippen LogP contribution in [0.5, 0.6) is 0 Å². The van der Waals surface area contributed by atoms with Crippen LogP contribution >= 0.6 is 0 Å². The molecule has 3 rings (SSSR count). The predicted octanol–water partition coefficient (Wildman–Crippen LogP) is 2.41. The van der Waals surface area contributed by atoms with Crippen molar-refractivity contribution in [2.45, 2.75) is 52.1 Å². The summed E-state index contributed by atoms with van der Waals surface area (Å²) in [5.41, 5.74) is 2.12. The molecule has 0 radical (unpaired) electrons. The minimum Gasteiger partial charge on any atom is -0.439 e. The molecule has 1 N–H and O–H groups in total. The van der Waals surface area contributed by atoms with Gasteiger partial charge in [0.1, 0.15) is 5.69 Å². The highest BCUT2D eigenvalue weighted by atomic mass is 16.4. The summed E-state index contributed by atoms with van der Waals surface area (Å²) in [5, 5.41) is 8.02. The molecule has 0 aliphatic heterocycles. The fraction of sp³-hybridized carbons (Fsp3) is 0.600. The Morgan fingerprint density at radius 2 is 2.25 bits per heavy atom. The number of hydrogen-bond acceptors (Lipinski definition) is 4. The van der Waals surface area contributed by atoms with Crippen LogP contribution in [0.4, 0.5) is 0 Å². The summed E-state index contributed by atoms with van der Waals surface area (Å²) in [6, 6.07) is 2.83. The first kappa shape index (κ1) is 13.4. The third kappa shape index (κ3) is 2.93. The van der Waals surface area contributed by atoms with E-state index < -0.39 is 0 Å². The average molecular weight is 274 g/mol. The van der Waals surface area contributed by atoms with Gasteiger partial charge in [0.15, 0.2) is 11.7 Å². The molecule has 20 heavy (non-hydrogen) atoms. The maximum Gasteiger partial charge on any atom is 0.196 e. The zero-order chi connectivity index (χ0) is 13.9. The Hall–Kier alpha value is -1.62. The zero-order valence-electron chi connectivity index (χ0n) is 12.2. The summed E-state index contributed by atoms with van der Waals surface area (Å²) in [6.07, 6.45) is 6.22. The summed E-state index contributed by atoms with van der Waals surface area (Å²) >= 11 is 0. The van der Waals surface area contributed by atoms with Gasteiger partial charge in [-0.1, -0.05) is 6.92 Å². The molecular formula is C15H22N4O. The number of nitrogens with one attached hydrogen (secondary N) is 1. The quantitative estimate of drug-likeness (QED) is 0.842. The van der Waals surface area contributed by atoms with Crippen LogP contribution in [0.1, 0.15) is 38.3 Å². The first-order valence-corrected chi connectivity index (χ1v) is 7.55. The molecule has 0 unspecified atom stereocenters. The van der Waals surface area contributed by atoms with E-state index >= 15 is 0 Å². The van der Waals surface area contributed by atoms with E-state index in [2.05, 4.69) is 35.3 Å². The summed E-state index contributed by atoms with van der Waals surface area (Å²) in [4.78, 5) is 4.37. The second-order valence-corrected chi connectivity index (χ2v) is 5.29. The molecule has 5 heteroatoms. The van der Waals surface area contributed by atoms with E-state index in [0.29, 0.717) is 0 Å². The maximum atomic E-state index is 5.86. The number of oxazole rings is 1. The van der Waals surface area contributed by atoms with Crippen LogP contribution in [0, 0.1) is 0 Å². The van der Waals surface area contributed by atoms with Crippen molar-refractivity contribution in [3.63, 3.8) is 0 Å². The van der Waals surface area contributed by atoms with Crippen LogP contribution in [0.15, 0.2) is 16.7 Å². The Kier molecular flexibility index (Phi) is 3.87. The third-order valence-electron chi connectivity index (χ3n) is 3.65. The van der Waals surface area contributed by atoms with Crippen LogP contribution < -0.4 is 5.32 Å². The molecule has 1 saturated carbocycles. The largest absolute Gasteiger partial charge is 0.439 e. The van der Waals surface area contributed by atoms with E-state index in [1.165, 1.54) is 12.8 Å². The molecule has 1 fully saturated rings. The SMILES string of the molecule is CCc1cc(-c2cnc(CCNC3CC3)o2)n(CC)n1. The average Bonchev–Trinajstić information content (AvgIpc) is 3.02. The third-order valence-corrected chi connectivity index (χ3v) is 3.65. The van der Waals surface area contributed by atoms with Gasteiger partial charge < -0.3 is 9.73 Å². The second-order valence-electron chi connectivity index (χ2n) is 5.29. The highest BCUT2D eigenvalue weighted by molar-refractivity contribution is 5.52. The molecule has 0 saturated heterocycles. The van der Waals surface area contributed by atoms with E-state index in [1.807, 2.05) is 10.9 Å². The van der Waals surface area contributed by atoms with Crippen molar-refractivity contribution in [3.05, 3.63) is 23.8 Å². The Labute approximate surface area is 119 Å². The molecule has 0 spiro atoms. The lowest BCUT2D eigenvalue weighted by molar-refractivity contribution is 0.489. The van der Waals surface area contributed by atoms with Crippen molar-refractivity contribution in [2.75, 3.05) is 6.54 Å². The fourth-order valence-electron chi connectivity index (χ4n) is 2.30. The lowest BCUT2D eigenvalue weighted by Gasteiger charge is -2.01. The molecule has 1 aliphatic rings. The van der Waals surface area contributed by atoms with E-state index in [1.54, 1.807) is 0 Å². The van der Waals surface area contributed by atoms with Crippen LogP contribution in [-0.4, -0.2) is 27.4 Å². The van der Waals surface area contributed by atoms with Gasteiger partial charge >= 0.3 is 0 Å². The molecule has 5 nitrogen and oxygen atoms in total. The Bertz CT molecular complexity index is 568. The molecule has 108 valence electrons. The number of hydrogen-bond donors (Lipinski definition) is 1. The molecule has 0 bridgehead atoms. The highest BCUT2D eigenvalue weighted by Gasteiger charge is 2.20. The topological polar surface area (TPSA) is 55.9 Å². The number of aromatic nitrogens is 3. The van der Waals surface area contributed by atoms with Gasteiger partial charge in [-0.2, -0.15) is 5.10 Å². The monoisotopic (exact) mass is 274 g/mol. The van der Waals surface area contributed by atoms with E-state index in [0.717, 1.165) is 55.0 Å². The highest BCUT2D eigenvalue weighted by Crippen LogP contribution is 2.22. The molecule has 0 atom stereocenters. The molecular weight excluding hydrogens is 252 g/mol. The van der Waals surface area contributed by atoms with Crippen LogP contribution in [0.2, 0.25) is 0 Å². The summed E-state index contributed by atoms with van der Waals surface area (Å²) < 4.78 is 7.84. The molecule has 2 aromatic heterocycles. The summed E-state index contributed by atoms with van der Waals surface area (Å²) in [7, 11) is 0.